The third-order valence-corrected chi connectivity index (χ3v) is 6.15. The molecular formula is C17H21NO3S. The second kappa shape index (κ2) is 4.43. The molecule has 1 aromatic rings. The van der Waals surface area contributed by atoms with E-state index >= 15 is 0 Å². The molecule has 22 heavy (non-hydrogen) atoms. The van der Waals surface area contributed by atoms with Crippen LogP contribution in [0.5, 0.6) is 11.5 Å². The third kappa shape index (κ3) is 1.42. The summed E-state index contributed by atoms with van der Waals surface area (Å²) in [5.41, 5.74) is 2.29. The Morgan fingerprint density at radius 3 is 2.95 bits per heavy atom. The van der Waals surface area contributed by atoms with Gasteiger partial charge in [0.2, 0.25) is 0 Å². The van der Waals surface area contributed by atoms with E-state index in [0.29, 0.717) is 17.7 Å². The number of aromatic hydroxyl groups is 1. The van der Waals surface area contributed by atoms with E-state index in [1.54, 1.807) is 6.07 Å². The average Bonchev–Trinajstić information content (AvgIpc) is 2.83. The molecule has 5 heteroatoms. The Morgan fingerprint density at radius 1 is 1.32 bits per heavy atom. The van der Waals surface area contributed by atoms with Crippen LogP contribution in [0.4, 0.5) is 0 Å². The molecule has 2 bridgehead atoms. The van der Waals surface area contributed by atoms with E-state index in [1.165, 1.54) is 11.1 Å². The fourth-order valence-electron chi connectivity index (χ4n) is 5.24. The number of hydrogen-bond donors (Lipinski definition) is 2. The van der Waals surface area contributed by atoms with E-state index in [9.17, 15) is 10.2 Å². The number of benzene rings is 1. The van der Waals surface area contributed by atoms with Gasteiger partial charge in [0.25, 0.3) is 0 Å². The first kappa shape index (κ1) is 14.4. The summed E-state index contributed by atoms with van der Waals surface area (Å²) in [6.07, 6.45) is 5.18. The average molecular weight is 319 g/mol. The summed E-state index contributed by atoms with van der Waals surface area (Å²) in [6.45, 7) is 1.01. The Kier molecular flexibility index (Phi) is 2.91. The van der Waals surface area contributed by atoms with Crippen molar-refractivity contribution in [1.29, 1.82) is 0 Å². The maximum Gasteiger partial charge on any atom is 0.165 e. The highest BCUT2D eigenvalue weighted by Crippen LogP contribution is 2.62. The Balaban J connectivity index is 0.00000125. The third-order valence-electron chi connectivity index (χ3n) is 6.15. The number of piperidine rings is 1. The summed E-state index contributed by atoms with van der Waals surface area (Å²) in [7, 11) is 2.19. The maximum absolute atomic E-state index is 10.4. The number of rotatable bonds is 0. The van der Waals surface area contributed by atoms with Crippen LogP contribution in [0.2, 0.25) is 0 Å². The molecule has 0 radical (unpaired) electrons. The topological polar surface area (TPSA) is 52.9 Å². The van der Waals surface area contributed by atoms with Gasteiger partial charge in [-0.2, -0.15) is 13.5 Å². The minimum absolute atomic E-state index is 0. The van der Waals surface area contributed by atoms with Gasteiger partial charge in [0.05, 0.1) is 0 Å². The second-order valence-electron chi connectivity index (χ2n) is 6.93. The van der Waals surface area contributed by atoms with Gasteiger partial charge in [-0.3, -0.25) is 0 Å². The van der Waals surface area contributed by atoms with Crippen molar-refractivity contribution < 1.29 is 14.9 Å². The molecule has 1 spiro atoms. The predicted octanol–water partition coefficient (Wildman–Crippen LogP) is 1.31. The van der Waals surface area contributed by atoms with Crippen LogP contribution in [0.25, 0.3) is 0 Å². The van der Waals surface area contributed by atoms with Gasteiger partial charge in [-0.25, -0.2) is 0 Å². The van der Waals surface area contributed by atoms with E-state index < -0.39 is 6.10 Å². The first-order chi connectivity index (χ1) is 10.1. The lowest BCUT2D eigenvalue weighted by Gasteiger charge is -2.56. The molecule has 0 aromatic heterocycles. The number of likely N-dealkylation sites (N-methyl/N-ethyl adjacent to an activating group) is 1. The highest BCUT2D eigenvalue weighted by Gasteiger charge is 2.64. The molecule has 1 fully saturated rings. The number of ether oxygens (including phenoxy) is 1. The zero-order valence-electron chi connectivity index (χ0n) is 12.5. The van der Waals surface area contributed by atoms with E-state index in [1.807, 2.05) is 12.1 Å². The molecule has 0 unspecified atom stereocenters. The lowest BCUT2D eigenvalue weighted by molar-refractivity contribution is -0.0453. The number of likely N-dealkylation sites (tertiary alicyclic amines) is 1. The Labute approximate surface area is 136 Å². The van der Waals surface area contributed by atoms with Gasteiger partial charge in [0, 0.05) is 22.9 Å². The molecular weight excluding hydrogens is 298 g/mol. The van der Waals surface area contributed by atoms with Crippen LogP contribution in [0.3, 0.4) is 0 Å². The van der Waals surface area contributed by atoms with Crippen LogP contribution in [-0.2, 0) is 11.8 Å². The number of phenolic OH excluding ortho intramolecular Hbond substituents is 1. The lowest BCUT2D eigenvalue weighted by Crippen LogP contribution is -2.64. The van der Waals surface area contributed by atoms with Crippen molar-refractivity contribution in [2.45, 2.75) is 36.5 Å². The zero-order valence-corrected chi connectivity index (χ0v) is 13.5. The summed E-state index contributed by atoms with van der Waals surface area (Å²) in [5, 5.41) is 20.6. The summed E-state index contributed by atoms with van der Waals surface area (Å²) in [5.74, 6) is 1.19. The van der Waals surface area contributed by atoms with Crippen molar-refractivity contribution in [3.05, 3.63) is 35.4 Å². The van der Waals surface area contributed by atoms with Crippen molar-refractivity contribution in [3.63, 3.8) is 0 Å². The molecule has 1 aromatic carbocycles. The fourth-order valence-corrected chi connectivity index (χ4v) is 5.24. The largest absolute Gasteiger partial charge is 0.504 e. The highest BCUT2D eigenvalue weighted by molar-refractivity contribution is 7.59. The minimum Gasteiger partial charge on any atom is -0.504 e. The number of phenols is 1. The van der Waals surface area contributed by atoms with E-state index in [0.717, 1.165) is 19.4 Å². The van der Waals surface area contributed by atoms with Gasteiger partial charge >= 0.3 is 0 Å². The Hall–Kier alpha value is -1.17. The molecule has 1 saturated heterocycles. The van der Waals surface area contributed by atoms with Crippen molar-refractivity contribution in [3.8, 4) is 11.5 Å². The molecule has 4 aliphatic rings. The summed E-state index contributed by atoms with van der Waals surface area (Å²) < 4.78 is 6.09. The molecule has 5 atom stereocenters. The van der Waals surface area contributed by atoms with E-state index in [2.05, 4.69) is 18.0 Å². The zero-order chi connectivity index (χ0) is 14.4. The Morgan fingerprint density at radius 2 is 2.14 bits per heavy atom. The Bertz CT molecular complexity index is 676. The number of hydrogen-bond acceptors (Lipinski definition) is 4. The van der Waals surface area contributed by atoms with Crippen molar-refractivity contribution in [2.24, 2.45) is 5.92 Å². The van der Waals surface area contributed by atoms with Crippen molar-refractivity contribution in [1.82, 2.24) is 4.90 Å². The monoisotopic (exact) mass is 319 g/mol. The number of nitrogens with zero attached hydrogens (tertiary/aromatic N) is 1. The normalized spacial score (nSPS) is 40.6. The summed E-state index contributed by atoms with van der Waals surface area (Å²) in [4.78, 5) is 2.43. The van der Waals surface area contributed by atoms with Crippen LogP contribution in [0.1, 0.15) is 17.5 Å². The molecule has 118 valence electrons. The molecule has 0 amide bonds. The minimum atomic E-state index is -0.594. The standard InChI is InChI=1S/C17H19NO3.H2S/c1-18-7-6-17-10-3-5-13(20)16(17)21-15-12(19)4-2-9(14(15)17)8-11(10)18;/h2-5,10-11,13,16,19-20H,6-8H2,1H3;1H2/t10-,11+,13-,16-,17-;/m0./s1. The molecule has 5 rings (SSSR count). The SMILES string of the molecule is CN1CC[C@]23c4c5ccc(O)c4O[C@H]2[C@@H](O)C=C[C@H]3[C@H]1C5.S. The maximum atomic E-state index is 10.4. The lowest BCUT2D eigenvalue weighted by atomic mass is 9.53. The molecule has 0 saturated carbocycles. The molecule has 2 aliphatic heterocycles. The van der Waals surface area contributed by atoms with E-state index in [4.69, 9.17) is 4.74 Å². The number of aliphatic hydroxyl groups is 1. The molecule has 4 nitrogen and oxygen atoms in total. The van der Waals surface area contributed by atoms with Crippen LogP contribution >= 0.6 is 13.5 Å². The quantitative estimate of drug-likeness (QED) is 0.708. The second-order valence-corrected chi connectivity index (χ2v) is 6.93. The highest BCUT2D eigenvalue weighted by atomic mass is 32.1. The first-order valence-corrected chi connectivity index (χ1v) is 7.71. The predicted molar refractivity (Wildman–Crippen MR) is 88.0 cm³/mol. The molecule has 2 heterocycles. The van der Waals surface area contributed by atoms with Crippen LogP contribution in [0.15, 0.2) is 24.3 Å². The van der Waals surface area contributed by atoms with Gasteiger partial charge in [-0.1, -0.05) is 18.2 Å². The summed E-state index contributed by atoms with van der Waals surface area (Å²) >= 11 is 0. The molecule has 2 N–H and O–H groups in total. The van der Waals surface area contributed by atoms with Crippen molar-refractivity contribution >= 4 is 13.5 Å². The van der Waals surface area contributed by atoms with Crippen LogP contribution in [0, 0.1) is 5.92 Å². The van der Waals surface area contributed by atoms with Gasteiger partial charge in [0.15, 0.2) is 11.5 Å². The van der Waals surface area contributed by atoms with Gasteiger partial charge in [-0.05, 0) is 38.1 Å². The number of aliphatic hydroxyl groups excluding tert-OH is 1. The van der Waals surface area contributed by atoms with Crippen LogP contribution < -0.4 is 4.74 Å². The van der Waals surface area contributed by atoms with Crippen LogP contribution in [-0.4, -0.2) is 47.0 Å². The fraction of sp³-hybridized carbons (Fsp3) is 0.529. The molecule has 2 aliphatic carbocycles. The van der Waals surface area contributed by atoms with Gasteiger partial charge in [-0.15, -0.1) is 0 Å². The first-order valence-electron chi connectivity index (χ1n) is 7.71. The van der Waals surface area contributed by atoms with Gasteiger partial charge in [0.1, 0.15) is 12.2 Å². The van der Waals surface area contributed by atoms with E-state index in [-0.39, 0.29) is 30.8 Å². The van der Waals surface area contributed by atoms with Crippen molar-refractivity contribution in [2.75, 3.05) is 13.6 Å². The van der Waals surface area contributed by atoms with Gasteiger partial charge < -0.3 is 19.8 Å². The smallest absolute Gasteiger partial charge is 0.165 e. The summed E-state index contributed by atoms with van der Waals surface area (Å²) in [6, 6.07) is 4.23.